The van der Waals surface area contributed by atoms with E-state index >= 15 is 0 Å². The normalized spacial score (nSPS) is 12.6. The third kappa shape index (κ3) is 4.63. The summed E-state index contributed by atoms with van der Waals surface area (Å²) in [4.78, 5) is 21.4. The van der Waals surface area contributed by atoms with Gasteiger partial charge in [-0.2, -0.15) is 0 Å². The number of unbranched alkanes of at least 4 members (excludes halogenated alkanes) is 1. The Morgan fingerprint density at radius 3 is 2.13 bits per heavy atom. The molecular weight excluding hydrogens is 196 g/mol. The van der Waals surface area contributed by atoms with E-state index in [0.717, 1.165) is 18.9 Å². The van der Waals surface area contributed by atoms with Crippen molar-refractivity contribution in [3.63, 3.8) is 0 Å². The fourth-order valence-electron chi connectivity index (χ4n) is 1.42. The monoisotopic (exact) mass is 214 g/mol. The summed E-state index contributed by atoms with van der Waals surface area (Å²) < 4.78 is 0. The molecule has 2 N–H and O–H groups in total. The molecule has 4 nitrogen and oxygen atoms in total. The zero-order valence-corrected chi connectivity index (χ0v) is 9.41. The molecule has 86 valence electrons. The van der Waals surface area contributed by atoms with Crippen LogP contribution in [-0.4, -0.2) is 22.2 Å². The van der Waals surface area contributed by atoms with Gasteiger partial charge in [-0.15, -0.1) is 0 Å². The second-order valence-electron chi connectivity index (χ2n) is 4.19. The van der Waals surface area contributed by atoms with Crippen molar-refractivity contribution >= 4 is 11.9 Å². The van der Waals surface area contributed by atoms with Gasteiger partial charge in [0.1, 0.15) is 0 Å². The zero-order valence-electron chi connectivity index (χ0n) is 9.41. The van der Waals surface area contributed by atoms with Gasteiger partial charge < -0.3 is 10.2 Å². The van der Waals surface area contributed by atoms with Crippen molar-refractivity contribution in [2.24, 2.45) is 5.41 Å². The first-order valence-corrected chi connectivity index (χ1v) is 4.99. The van der Waals surface area contributed by atoms with Crippen molar-refractivity contribution in [2.75, 3.05) is 0 Å². The van der Waals surface area contributed by atoms with Crippen molar-refractivity contribution in [1.82, 2.24) is 0 Å². The molecule has 0 spiro atoms. The standard InChI is InChI=1S/C11H18O4/c1-4-5-6-11(2,3)8(10(14)15)7-9(12)13/h7H,4-6H2,1-3H3,(H,12,13)(H,14,15). The van der Waals surface area contributed by atoms with E-state index < -0.39 is 17.4 Å². The molecule has 0 aliphatic rings. The molecule has 0 atom stereocenters. The minimum atomic E-state index is -1.21. The Bertz CT molecular complexity index is 276. The highest BCUT2D eigenvalue weighted by molar-refractivity contribution is 5.95. The summed E-state index contributed by atoms with van der Waals surface area (Å²) in [5.41, 5.74) is -0.635. The number of carboxylic acids is 2. The Labute approximate surface area is 89.6 Å². The smallest absolute Gasteiger partial charge is 0.332 e. The van der Waals surface area contributed by atoms with Crippen LogP contribution in [0.2, 0.25) is 0 Å². The Kier molecular flexibility index (Phi) is 5.05. The zero-order chi connectivity index (χ0) is 12.1. The molecule has 0 aromatic carbocycles. The van der Waals surface area contributed by atoms with Crippen LogP contribution < -0.4 is 0 Å². The van der Waals surface area contributed by atoms with Crippen molar-refractivity contribution in [3.8, 4) is 0 Å². The van der Waals surface area contributed by atoms with Gasteiger partial charge in [0.05, 0.1) is 0 Å². The Balaban J connectivity index is 4.90. The van der Waals surface area contributed by atoms with Crippen LogP contribution >= 0.6 is 0 Å². The maximum absolute atomic E-state index is 10.9. The number of aliphatic carboxylic acids is 2. The van der Waals surface area contributed by atoms with E-state index in [1.807, 2.05) is 6.92 Å². The quantitative estimate of drug-likeness (QED) is 0.665. The number of hydrogen-bond donors (Lipinski definition) is 2. The number of hydrogen-bond acceptors (Lipinski definition) is 2. The second kappa shape index (κ2) is 5.53. The lowest BCUT2D eigenvalue weighted by atomic mass is 9.79. The van der Waals surface area contributed by atoms with Gasteiger partial charge in [0.15, 0.2) is 0 Å². The SMILES string of the molecule is CCCCC(C)(C)C(=CC(=O)O)C(=O)O. The van der Waals surface area contributed by atoms with Crippen molar-refractivity contribution in [1.29, 1.82) is 0 Å². The van der Waals surface area contributed by atoms with E-state index in [-0.39, 0.29) is 5.57 Å². The summed E-state index contributed by atoms with van der Waals surface area (Å²) in [6.07, 6.45) is 3.31. The number of rotatable bonds is 6. The topological polar surface area (TPSA) is 74.6 Å². The first-order valence-electron chi connectivity index (χ1n) is 4.99. The van der Waals surface area contributed by atoms with Crippen molar-refractivity contribution < 1.29 is 19.8 Å². The van der Waals surface area contributed by atoms with Crippen LogP contribution in [0.25, 0.3) is 0 Å². The molecule has 15 heavy (non-hydrogen) atoms. The van der Waals surface area contributed by atoms with Gasteiger partial charge >= 0.3 is 11.9 Å². The fraction of sp³-hybridized carbons (Fsp3) is 0.636. The maximum Gasteiger partial charge on any atom is 0.332 e. The molecule has 4 heteroatoms. The van der Waals surface area contributed by atoms with Crippen LogP contribution in [0.4, 0.5) is 0 Å². The van der Waals surface area contributed by atoms with Crippen LogP contribution in [0.1, 0.15) is 40.0 Å². The average Bonchev–Trinajstić information content (AvgIpc) is 2.10. The summed E-state index contributed by atoms with van der Waals surface area (Å²) >= 11 is 0. The van der Waals surface area contributed by atoms with Gasteiger partial charge in [-0.25, -0.2) is 9.59 Å². The molecule has 0 unspecified atom stereocenters. The van der Waals surface area contributed by atoms with Crippen LogP contribution in [0, 0.1) is 5.41 Å². The van der Waals surface area contributed by atoms with Crippen LogP contribution in [0.5, 0.6) is 0 Å². The van der Waals surface area contributed by atoms with Crippen LogP contribution in [0.3, 0.4) is 0 Å². The van der Waals surface area contributed by atoms with E-state index in [0.29, 0.717) is 6.42 Å². The lowest BCUT2D eigenvalue weighted by Crippen LogP contribution is -2.22. The minimum Gasteiger partial charge on any atom is -0.478 e. The molecule has 0 rings (SSSR count). The van der Waals surface area contributed by atoms with E-state index in [4.69, 9.17) is 10.2 Å². The minimum absolute atomic E-state index is 0.0385. The first kappa shape index (κ1) is 13.7. The lowest BCUT2D eigenvalue weighted by Gasteiger charge is -2.24. The molecule has 0 saturated carbocycles. The Morgan fingerprint density at radius 2 is 1.80 bits per heavy atom. The number of carbonyl (C=O) groups is 2. The Morgan fingerprint density at radius 1 is 1.27 bits per heavy atom. The highest BCUT2D eigenvalue weighted by atomic mass is 16.4. The molecule has 0 aliphatic heterocycles. The van der Waals surface area contributed by atoms with E-state index in [9.17, 15) is 9.59 Å². The molecule has 0 bridgehead atoms. The molecule has 0 aliphatic carbocycles. The molecule has 0 fully saturated rings. The van der Waals surface area contributed by atoms with E-state index in [1.54, 1.807) is 13.8 Å². The molecule has 0 aromatic rings. The molecule has 0 amide bonds. The van der Waals surface area contributed by atoms with Gasteiger partial charge in [0.25, 0.3) is 0 Å². The summed E-state index contributed by atoms with van der Waals surface area (Å²) in [5, 5.41) is 17.5. The molecule has 0 heterocycles. The lowest BCUT2D eigenvalue weighted by molar-refractivity contribution is -0.136. The molecule has 0 aromatic heterocycles. The van der Waals surface area contributed by atoms with Gasteiger partial charge in [-0.1, -0.05) is 33.6 Å². The highest BCUT2D eigenvalue weighted by Gasteiger charge is 2.28. The maximum atomic E-state index is 10.9. The first-order chi connectivity index (χ1) is 6.81. The second-order valence-corrected chi connectivity index (χ2v) is 4.19. The third-order valence-corrected chi connectivity index (χ3v) is 2.38. The summed E-state index contributed by atoms with van der Waals surface area (Å²) in [5.74, 6) is -2.37. The third-order valence-electron chi connectivity index (χ3n) is 2.38. The van der Waals surface area contributed by atoms with Crippen molar-refractivity contribution in [2.45, 2.75) is 40.0 Å². The van der Waals surface area contributed by atoms with Crippen LogP contribution in [0.15, 0.2) is 11.6 Å². The fourth-order valence-corrected chi connectivity index (χ4v) is 1.42. The average molecular weight is 214 g/mol. The van der Waals surface area contributed by atoms with E-state index in [1.165, 1.54) is 0 Å². The van der Waals surface area contributed by atoms with Gasteiger partial charge in [-0.3, -0.25) is 0 Å². The predicted octanol–water partition coefficient (Wildman–Crippen LogP) is 2.30. The Hall–Kier alpha value is -1.32. The summed E-state index contributed by atoms with van der Waals surface area (Å²) in [6, 6.07) is 0. The molecule has 0 radical (unpaired) electrons. The van der Waals surface area contributed by atoms with Gasteiger partial charge in [-0.05, 0) is 11.8 Å². The highest BCUT2D eigenvalue weighted by Crippen LogP contribution is 2.32. The molecule has 0 saturated heterocycles. The number of carboxylic acid groups (broad SMARTS) is 2. The largest absolute Gasteiger partial charge is 0.478 e. The van der Waals surface area contributed by atoms with Crippen molar-refractivity contribution in [3.05, 3.63) is 11.6 Å². The van der Waals surface area contributed by atoms with Gasteiger partial charge in [0, 0.05) is 11.6 Å². The van der Waals surface area contributed by atoms with Gasteiger partial charge in [0.2, 0.25) is 0 Å². The molecular formula is C11H18O4. The summed E-state index contributed by atoms with van der Waals surface area (Å²) in [6.45, 7) is 5.52. The predicted molar refractivity (Wildman–Crippen MR) is 56.7 cm³/mol. The van der Waals surface area contributed by atoms with E-state index in [2.05, 4.69) is 0 Å². The summed E-state index contributed by atoms with van der Waals surface area (Å²) in [7, 11) is 0. The van der Waals surface area contributed by atoms with Crippen LogP contribution in [-0.2, 0) is 9.59 Å².